The van der Waals surface area contributed by atoms with Crippen molar-refractivity contribution < 1.29 is 23.5 Å². The fourth-order valence-corrected chi connectivity index (χ4v) is 0.717. The van der Waals surface area contributed by atoms with Crippen LogP contribution in [0.4, 0.5) is 8.78 Å². The first kappa shape index (κ1) is 11.8. The van der Waals surface area contributed by atoms with Gasteiger partial charge in [0.15, 0.2) is 0 Å². The molecule has 0 aromatic rings. The van der Waals surface area contributed by atoms with Crippen LogP contribution in [0.25, 0.3) is 0 Å². The van der Waals surface area contributed by atoms with Gasteiger partial charge in [-0.15, -0.1) is 0 Å². The topological polar surface area (TPSA) is 92.4 Å². The number of amides is 1. The van der Waals surface area contributed by atoms with E-state index >= 15 is 0 Å². The molecule has 0 aliphatic heterocycles. The largest absolute Gasteiger partial charge is 0.480 e. The van der Waals surface area contributed by atoms with Crippen LogP contribution in [0.3, 0.4) is 0 Å². The fourth-order valence-electron chi connectivity index (χ4n) is 0.717. The number of carboxylic acids is 1. The summed E-state index contributed by atoms with van der Waals surface area (Å²) >= 11 is 0. The van der Waals surface area contributed by atoms with E-state index in [2.05, 4.69) is 0 Å². The standard InChI is InChI=1S/C6H10F2N2O3/c7-6(8)10-3(5(12)13)1-2-4(9)11/h3,6,10H,1-2H2,(H2,9,11)(H,12,13)/t3-/m0/s1. The summed E-state index contributed by atoms with van der Waals surface area (Å²) in [5, 5.41) is 9.88. The van der Waals surface area contributed by atoms with E-state index in [1.807, 2.05) is 0 Å². The Morgan fingerprint density at radius 3 is 2.31 bits per heavy atom. The van der Waals surface area contributed by atoms with Gasteiger partial charge in [0, 0.05) is 6.42 Å². The van der Waals surface area contributed by atoms with Crippen LogP contribution in [-0.4, -0.2) is 29.6 Å². The van der Waals surface area contributed by atoms with Crippen molar-refractivity contribution in [2.75, 3.05) is 0 Å². The number of hydrogen-bond donors (Lipinski definition) is 3. The Hall–Kier alpha value is -1.24. The highest BCUT2D eigenvalue weighted by Crippen LogP contribution is 2.00. The van der Waals surface area contributed by atoms with Crippen LogP contribution in [0.15, 0.2) is 0 Å². The average molecular weight is 196 g/mol. The molecule has 76 valence electrons. The van der Waals surface area contributed by atoms with E-state index in [4.69, 9.17) is 10.8 Å². The van der Waals surface area contributed by atoms with E-state index in [-0.39, 0.29) is 12.8 Å². The summed E-state index contributed by atoms with van der Waals surface area (Å²) in [5.74, 6) is -2.15. The third-order valence-corrected chi connectivity index (χ3v) is 1.30. The van der Waals surface area contributed by atoms with Crippen LogP contribution in [-0.2, 0) is 9.59 Å². The van der Waals surface area contributed by atoms with Crippen LogP contribution in [0.1, 0.15) is 12.8 Å². The molecule has 5 nitrogen and oxygen atoms in total. The maximum Gasteiger partial charge on any atom is 0.320 e. The quantitative estimate of drug-likeness (QED) is 0.500. The van der Waals surface area contributed by atoms with Crippen molar-refractivity contribution in [3.63, 3.8) is 0 Å². The lowest BCUT2D eigenvalue weighted by Crippen LogP contribution is -2.40. The highest BCUT2D eigenvalue weighted by molar-refractivity contribution is 5.77. The molecule has 0 aromatic carbocycles. The van der Waals surface area contributed by atoms with Crippen LogP contribution in [0, 0.1) is 0 Å². The van der Waals surface area contributed by atoms with E-state index in [0.29, 0.717) is 0 Å². The van der Waals surface area contributed by atoms with Gasteiger partial charge in [0.2, 0.25) is 5.91 Å². The molecule has 1 atom stereocenters. The monoisotopic (exact) mass is 196 g/mol. The molecule has 0 saturated carbocycles. The van der Waals surface area contributed by atoms with E-state index in [1.54, 1.807) is 0 Å². The van der Waals surface area contributed by atoms with Gasteiger partial charge >= 0.3 is 5.97 Å². The minimum absolute atomic E-state index is 0.239. The number of alkyl halides is 2. The number of rotatable bonds is 6. The fraction of sp³-hybridized carbons (Fsp3) is 0.667. The zero-order valence-corrected chi connectivity index (χ0v) is 6.67. The summed E-state index contributed by atoms with van der Waals surface area (Å²) in [6, 6.07) is -1.44. The highest BCUT2D eigenvalue weighted by atomic mass is 19.3. The van der Waals surface area contributed by atoms with Gasteiger partial charge in [0.25, 0.3) is 6.55 Å². The van der Waals surface area contributed by atoms with Gasteiger partial charge < -0.3 is 10.8 Å². The van der Waals surface area contributed by atoms with Crippen molar-refractivity contribution in [3.8, 4) is 0 Å². The molecule has 0 aliphatic rings. The van der Waals surface area contributed by atoms with E-state index in [0.717, 1.165) is 0 Å². The van der Waals surface area contributed by atoms with Crippen molar-refractivity contribution in [1.29, 1.82) is 0 Å². The van der Waals surface area contributed by atoms with Gasteiger partial charge in [-0.25, -0.2) is 5.32 Å². The molecule has 0 rings (SSSR count). The number of halogens is 2. The second-order valence-electron chi connectivity index (χ2n) is 2.36. The molecule has 13 heavy (non-hydrogen) atoms. The number of nitrogens with one attached hydrogen (secondary N) is 1. The maximum absolute atomic E-state index is 11.7. The van der Waals surface area contributed by atoms with Gasteiger partial charge in [-0.1, -0.05) is 0 Å². The molecule has 7 heteroatoms. The number of carbonyl (C=O) groups is 2. The Balaban J connectivity index is 3.95. The zero-order valence-electron chi connectivity index (χ0n) is 6.67. The first-order valence-electron chi connectivity index (χ1n) is 3.48. The normalized spacial score (nSPS) is 12.8. The minimum Gasteiger partial charge on any atom is -0.480 e. The van der Waals surface area contributed by atoms with Crippen LogP contribution in [0.2, 0.25) is 0 Å². The van der Waals surface area contributed by atoms with Gasteiger partial charge in [-0.2, -0.15) is 8.78 Å². The van der Waals surface area contributed by atoms with Crippen LogP contribution in [0.5, 0.6) is 0 Å². The molecule has 0 aliphatic carbocycles. The van der Waals surface area contributed by atoms with Crippen LogP contribution < -0.4 is 11.1 Å². The molecule has 0 spiro atoms. The summed E-state index contributed by atoms with van der Waals surface area (Å²) in [6.45, 7) is -2.92. The second kappa shape index (κ2) is 5.41. The molecule has 0 saturated heterocycles. The molecule has 0 radical (unpaired) electrons. The van der Waals surface area contributed by atoms with Gasteiger partial charge in [0.05, 0.1) is 0 Å². The predicted octanol–water partition coefficient (Wildman–Crippen LogP) is -0.483. The molecule has 4 N–H and O–H groups in total. The summed E-state index contributed by atoms with van der Waals surface area (Å²) in [6.07, 6.45) is -0.480. The lowest BCUT2D eigenvalue weighted by molar-refractivity contribution is -0.141. The Bertz CT molecular complexity index is 198. The van der Waals surface area contributed by atoms with E-state index < -0.39 is 24.5 Å². The van der Waals surface area contributed by atoms with Crippen LogP contribution >= 0.6 is 0 Å². The predicted molar refractivity (Wildman–Crippen MR) is 39.0 cm³/mol. The number of primary amides is 1. The molecule has 1 amide bonds. The SMILES string of the molecule is NC(=O)CC[C@H](NC(F)F)C(=O)O. The highest BCUT2D eigenvalue weighted by Gasteiger charge is 2.20. The Labute approximate surface area is 72.9 Å². The van der Waals surface area contributed by atoms with Gasteiger partial charge in [0.1, 0.15) is 6.04 Å². The van der Waals surface area contributed by atoms with Crippen molar-refractivity contribution >= 4 is 11.9 Å². The molecule has 0 fully saturated rings. The second-order valence-corrected chi connectivity index (χ2v) is 2.36. The van der Waals surface area contributed by atoms with Gasteiger partial charge in [-0.05, 0) is 6.42 Å². The maximum atomic E-state index is 11.7. The molecule has 0 aromatic heterocycles. The smallest absolute Gasteiger partial charge is 0.320 e. The number of hydrogen-bond acceptors (Lipinski definition) is 3. The van der Waals surface area contributed by atoms with Crippen molar-refractivity contribution in [2.24, 2.45) is 5.73 Å². The van der Waals surface area contributed by atoms with E-state index in [9.17, 15) is 18.4 Å². The lowest BCUT2D eigenvalue weighted by Gasteiger charge is -2.11. The van der Waals surface area contributed by atoms with Crippen molar-refractivity contribution in [2.45, 2.75) is 25.4 Å². The number of carbonyl (C=O) groups excluding carboxylic acids is 1. The zero-order chi connectivity index (χ0) is 10.4. The Kier molecular flexibility index (Phi) is 4.90. The number of aliphatic carboxylic acids is 1. The summed E-state index contributed by atoms with van der Waals surface area (Å²) in [4.78, 5) is 20.5. The van der Waals surface area contributed by atoms with Crippen molar-refractivity contribution in [3.05, 3.63) is 0 Å². The number of carboxylic acid groups (broad SMARTS) is 1. The van der Waals surface area contributed by atoms with Gasteiger partial charge in [-0.3, -0.25) is 9.59 Å². The molecule has 0 bridgehead atoms. The minimum atomic E-state index is -2.92. The Morgan fingerprint density at radius 1 is 1.46 bits per heavy atom. The summed E-state index contributed by atoms with van der Waals surface area (Å²) < 4.78 is 23.4. The average Bonchev–Trinajstić information content (AvgIpc) is 1.96. The first-order chi connectivity index (χ1) is 5.93. The summed E-state index contributed by atoms with van der Waals surface area (Å²) in [5.41, 5.74) is 4.72. The van der Waals surface area contributed by atoms with Crippen molar-refractivity contribution in [1.82, 2.24) is 5.32 Å². The molecule has 0 unspecified atom stereocenters. The summed E-state index contributed by atoms with van der Waals surface area (Å²) in [7, 11) is 0. The third kappa shape index (κ3) is 5.97. The third-order valence-electron chi connectivity index (χ3n) is 1.30. The first-order valence-corrected chi connectivity index (χ1v) is 3.48. The number of nitrogens with two attached hydrogens (primary N) is 1. The molecular formula is C6H10F2N2O3. The molecule has 0 heterocycles. The lowest BCUT2D eigenvalue weighted by atomic mass is 10.1. The van der Waals surface area contributed by atoms with E-state index in [1.165, 1.54) is 5.32 Å². The molecular weight excluding hydrogens is 186 g/mol. The Morgan fingerprint density at radius 2 is 2.00 bits per heavy atom.